The Labute approximate surface area is 75.6 Å². The molecule has 0 atom stereocenters. The van der Waals surface area contributed by atoms with Gasteiger partial charge in [0.2, 0.25) is 0 Å². The van der Waals surface area contributed by atoms with Crippen LogP contribution in [0.5, 0.6) is 5.75 Å². The first kappa shape index (κ1) is 9.71. The maximum absolute atomic E-state index is 11.8. The molecule has 0 bridgehead atoms. The average Bonchev–Trinajstić information content (AvgIpc) is 2.15. The third kappa shape index (κ3) is 2.86. The summed E-state index contributed by atoms with van der Waals surface area (Å²) in [6.45, 7) is 0. The van der Waals surface area contributed by atoms with Crippen molar-refractivity contribution in [2.24, 2.45) is 0 Å². The third-order valence-corrected chi connectivity index (χ3v) is 1.67. The molecule has 0 aliphatic rings. The zero-order chi connectivity index (χ0) is 9.68. The van der Waals surface area contributed by atoms with Gasteiger partial charge in [0.1, 0.15) is 5.75 Å². The molecule has 0 fully saturated rings. The van der Waals surface area contributed by atoms with Gasteiger partial charge in [-0.2, -0.15) is 8.78 Å². The Hall–Kier alpha value is -1.38. The van der Waals surface area contributed by atoms with Gasteiger partial charge < -0.3 is 4.74 Å². The largest absolute Gasteiger partial charge is 0.496 e. The molecule has 0 aromatic heterocycles. The van der Waals surface area contributed by atoms with Gasteiger partial charge in [-0.15, -0.1) is 0 Å². The average molecular weight is 184 g/mol. The molecule has 0 aliphatic carbocycles. The van der Waals surface area contributed by atoms with Gasteiger partial charge in [-0.1, -0.05) is 18.2 Å². The number of allylic oxidation sites excluding steroid dienone is 1. The van der Waals surface area contributed by atoms with Crippen LogP contribution in [-0.4, -0.2) is 7.11 Å². The Morgan fingerprint density at radius 3 is 2.69 bits per heavy atom. The molecule has 0 amide bonds. The van der Waals surface area contributed by atoms with Gasteiger partial charge in [0.15, 0.2) is 0 Å². The van der Waals surface area contributed by atoms with E-state index in [1.807, 2.05) is 0 Å². The van der Waals surface area contributed by atoms with Crippen LogP contribution in [-0.2, 0) is 6.42 Å². The van der Waals surface area contributed by atoms with E-state index in [2.05, 4.69) is 0 Å². The molecule has 0 unspecified atom stereocenters. The van der Waals surface area contributed by atoms with Gasteiger partial charge in [-0.3, -0.25) is 0 Å². The fourth-order valence-electron chi connectivity index (χ4n) is 1.06. The highest BCUT2D eigenvalue weighted by Gasteiger charge is 1.99. The predicted octanol–water partition coefficient (Wildman–Crippen LogP) is 3.02. The number of para-hydroxylation sites is 1. The van der Waals surface area contributed by atoms with Gasteiger partial charge in [0.25, 0.3) is 6.08 Å². The molecule has 70 valence electrons. The molecule has 0 saturated heterocycles. The number of hydrogen-bond acceptors (Lipinski definition) is 1. The highest BCUT2D eigenvalue weighted by atomic mass is 19.3. The van der Waals surface area contributed by atoms with Crippen molar-refractivity contribution in [2.75, 3.05) is 7.11 Å². The third-order valence-electron chi connectivity index (χ3n) is 1.67. The fraction of sp³-hybridized carbons (Fsp3) is 0.200. The Balaban J connectivity index is 2.81. The van der Waals surface area contributed by atoms with Crippen molar-refractivity contribution < 1.29 is 13.5 Å². The van der Waals surface area contributed by atoms with Crippen molar-refractivity contribution in [3.8, 4) is 5.75 Å². The molecule has 1 aromatic carbocycles. The quantitative estimate of drug-likeness (QED) is 0.701. The number of rotatable bonds is 3. The second kappa shape index (κ2) is 4.60. The van der Waals surface area contributed by atoms with Gasteiger partial charge in [-0.25, -0.2) is 0 Å². The molecule has 0 N–H and O–H groups in total. The van der Waals surface area contributed by atoms with Crippen LogP contribution in [0.3, 0.4) is 0 Å². The molecular weight excluding hydrogens is 174 g/mol. The molecular formula is C10H10F2O. The van der Waals surface area contributed by atoms with Crippen molar-refractivity contribution in [3.63, 3.8) is 0 Å². The van der Waals surface area contributed by atoms with E-state index in [0.29, 0.717) is 5.75 Å². The van der Waals surface area contributed by atoms with E-state index in [0.717, 1.165) is 11.6 Å². The van der Waals surface area contributed by atoms with Gasteiger partial charge in [0, 0.05) is 0 Å². The lowest BCUT2D eigenvalue weighted by atomic mass is 10.1. The van der Waals surface area contributed by atoms with Crippen LogP contribution in [0.25, 0.3) is 0 Å². The van der Waals surface area contributed by atoms with Crippen LogP contribution < -0.4 is 4.74 Å². The van der Waals surface area contributed by atoms with E-state index in [1.165, 1.54) is 7.11 Å². The van der Waals surface area contributed by atoms with Crippen molar-refractivity contribution >= 4 is 0 Å². The smallest absolute Gasteiger partial charge is 0.266 e. The number of benzene rings is 1. The molecule has 0 aliphatic heterocycles. The summed E-state index contributed by atoms with van der Waals surface area (Å²) in [5.74, 6) is 0.639. The number of halogens is 2. The molecule has 1 aromatic rings. The highest BCUT2D eigenvalue weighted by Crippen LogP contribution is 2.18. The minimum absolute atomic E-state index is 0.201. The minimum Gasteiger partial charge on any atom is -0.496 e. The zero-order valence-electron chi connectivity index (χ0n) is 7.26. The Kier molecular flexibility index (Phi) is 3.43. The number of hydrogen-bond donors (Lipinski definition) is 0. The van der Waals surface area contributed by atoms with Crippen molar-refractivity contribution in [3.05, 3.63) is 42.0 Å². The highest BCUT2D eigenvalue weighted by molar-refractivity contribution is 5.34. The molecule has 3 heteroatoms. The molecule has 1 nitrogen and oxygen atoms in total. The lowest BCUT2D eigenvalue weighted by molar-refractivity contribution is 0.408. The maximum Gasteiger partial charge on any atom is 0.266 e. The van der Waals surface area contributed by atoms with Crippen LogP contribution >= 0.6 is 0 Å². The monoisotopic (exact) mass is 184 g/mol. The molecule has 0 radical (unpaired) electrons. The molecule has 0 heterocycles. The summed E-state index contributed by atoms with van der Waals surface area (Å²) in [6.07, 6.45) is -0.588. The first-order chi connectivity index (χ1) is 6.24. The summed E-state index contributed by atoms with van der Waals surface area (Å²) in [7, 11) is 1.52. The van der Waals surface area contributed by atoms with Crippen LogP contribution in [0.2, 0.25) is 0 Å². The minimum atomic E-state index is -1.66. The fourth-order valence-corrected chi connectivity index (χ4v) is 1.06. The second-order valence-electron chi connectivity index (χ2n) is 2.51. The van der Waals surface area contributed by atoms with Crippen molar-refractivity contribution in [1.82, 2.24) is 0 Å². The van der Waals surface area contributed by atoms with E-state index in [9.17, 15) is 8.78 Å². The van der Waals surface area contributed by atoms with Crippen LogP contribution in [0.1, 0.15) is 5.56 Å². The predicted molar refractivity (Wildman–Crippen MR) is 47.0 cm³/mol. The molecule has 1 rings (SSSR count). The summed E-state index contributed by atoms with van der Waals surface area (Å²) >= 11 is 0. The van der Waals surface area contributed by atoms with E-state index in [1.54, 1.807) is 24.3 Å². The standard InChI is InChI=1S/C10H10F2O/c1-13-9-5-3-2-4-8(9)6-7-10(11)12/h2-5,7H,6H2,1H3. The lowest BCUT2D eigenvalue weighted by Gasteiger charge is -2.04. The molecule has 13 heavy (non-hydrogen) atoms. The zero-order valence-corrected chi connectivity index (χ0v) is 7.26. The van der Waals surface area contributed by atoms with Crippen molar-refractivity contribution in [1.29, 1.82) is 0 Å². The summed E-state index contributed by atoms with van der Waals surface area (Å²) < 4.78 is 28.6. The van der Waals surface area contributed by atoms with E-state index < -0.39 is 6.08 Å². The van der Waals surface area contributed by atoms with Crippen molar-refractivity contribution in [2.45, 2.75) is 6.42 Å². The second-order valence-corrected chi connectivity index (χ2v) is 2.51. The SMILES string of the molecule is COc1ccccc1CC=C(F)F. The summed E-state index contributed by atoms with van der Waals surface area (Å²) in [4.78, 5) is 0. The van der Waals surface area contributed by atoms with Gasteiger partial charge in [-0.05, 0) is 24.1 Å². The van der Waals surface area contributed by atoms with E-state index in [4.69, 9.17) is 4.74 Å². The van der Waals surface area contributed by atoms with Gasteiger partial charge >= 0.3 is 0 Å². The Bertz CT molecular complexity index is 304. The first-order valence-corrected chi connectivity index (χ1v) is 3.87. The number of ether oxygens (including phenoxy) is 1. The first-order valence-electron chi connectivity index (χ1n) is 3.87. The Morgan fingerprint density at radius 2 is 2.08 bits per heavy atom. The Morgan fingerprint density at radius 1 is 1.38 bits per heavy atom. The van der Waals surface area contributed by atoms with E-state index >= 15 is 0 Å². The van der Waals surface area contributed by atoms with Gasteiger partial charge in [0.05, 0.1) is 7.11 Å². The summed E-state index contributed by atoms with van der Waals surface area (Å²) in [5, 5.41) is 0. The molecule has 0 saturated carbocycles. The summed E-state index contributed by atoms with van der Waals surface area (Å²) in [6, 6.07) is 7.11. The summed E-state index contributed by atoms with van der Waals surface area (Å²) in [5.41, 5.74) is 0.762. The maximum atomic E-state index is 11.8. The van der Waals surface area contributed by atoms with Crippen LogP contribution in [0.4, 0.5) is 8.78 Å². The van der Waals surface area contributed by atoms with E-state index in [-0.39, 0.29) is 6.42 Å². The lowest BCUT2D eigenvalue weighted by Crippen LogP contribution is -1.89. The normalized spacial score (nSPS) is 9.46. The molecule has 0 spiro atoms. The van der Waals surface area contributed by atoms with Crippen LogP contribution in [0, 0.1) is 0 Å². The van der Waals surface area contributed by atoms with Crippen LogP contribution in [0.15, 0.2) is 36.4 Å². The topological polar surface area (TPSA) is 9.23 Å². The number of methoxy groups -OCH3 is 1.